The standard InChI is InChI=1S/C17H28O/c1-7-9-10-13-11-15(17(4,5)6)16(18)14(8-2)12(13)3/h11,18H,7-10H2,1-6H3. The highest BCUT2D eigenvalue weighted by molar-refractivity contribution is 5.52. The number of unbranched alkanes of at least 4 members (excludes halogenated alkanes) is 1. The summed E-state index contributed by atoms with van der Waals surface area (Å²) < 4.78 is 0. The molecule has 0 heterocycles. The maximum absolute atomic E-state index is 10.5. The largest absolute Gasteiger partial charge is 0.507 e. The molecule has 0 aliphatic heterocycles. The topological polar surface area (TPSA) is 20.2 Å². The van der Waals surface area contributed by atoms with Crippen LogP contribution in [0.2, 0.25) is 0 Å². The molecule has 1 heteroatoms. The molecule has 0 saturated heterocycles. The third-order valence-electron chi connectivity index (χ3n) is 3.76. The molecular weight excluding hydrogens is 220 g/mol. The first-order valence-electron chi connectivity index (χ1n) is 7.17. The van der Waals surface area contributed by atoms with Crippen LogP contribution in [-0.2, 0) is 18.3 Å². The lowest BCUT2D eigenvalue weighted by Gasteiger charge is -2.25. The van der Waals surface area contributed by atoms with Gasteiger partial charge in [-0.3, -0.25) is 0 Å². The van der Waals surface area contributed by atoms with E-state index in [-0.39, 0.29) is 5.41 Å². The molecule has 18 heavy (non-hydrogen) atoms. The van der Waals surface area contributed by atoms with Gasteiger partial charge in [-0.2, -0.15) is 0 Å². The van der Waals surface area contributed by atoms with Gasteiger partial charge in [0.1, 0.15) is 5.75 Å². The van der Waals surface area contributed by atoms with Crippen molar-refractivity contribution in [2.45, 2.75) is 72.6 Å². The fourth-order valence-corrected chi connectivity index (χ4v) is 2.52. The van der Waals surface area contributed by atoms with Gasteiger partial charge in [0, 0.05) is 0 Å². The van der Waals surface area contributed by atoms with E-state index in [9.17, 15) is 5.11 Å². The Morgan fingerprint density at radius 2 is 1.78 bits per heavy atom. The Labute approximate surface area is 112 Å². The summed E-state index contributed by atoms with van der Waals surface area (Å²) in [5, 5.41) is 10.5. The van der Waals surface area contributed by atoms with Crippen molar-refractivity contribution in [1.82, 2.24) is 0 Å². The molecule has 1 N–H and O–H groups in total. The molecule has 1 nitrogen and oxygen atoms in total. The van der Waals surface area contributed by atoms with Gasteiger partial charge in [0.2, 0.25) is 0 Å². The monoisotopic (exact) mass is 248 g/mol. The molecule has 0 saturated carbocycles. The number of benzene rings is 1. The average molecular weight is 248 g/mol. The van der Waals surface area contributed by atoms with Gasteiger partial charge in [0.15, 0.2) is 0 Å². The summed E-state index contributed by atoms with van der Waals surface area (Å²) in [5.74, 6) is 0.516. The average Bonchev–Trinajstić information content (AvgIpc) is 2.27. The number of hydrogen-bond donors (Lipinski definition) is 1. The van der Waals surface area contributed by atoms with Crippen molar-refractivity contribution < 1.29 is 5.11 Å². The molecule has 0 aromatic heterocycles. The van der Waals surface area contributed by atoms with Crippen LogP contribution < -0.4 is 0 Å². The predicted molar refractivity (Wildman–Crippen MR) is 79.5 cm³/mol. The number of rotatable bonds is 4. The molecule has 0 bridgehead atoms. The number of hydrogen-bond acceptors (Lipinski definition) is 1. The highest BCUT2D eigenvalue weighted by atomic mass is 16.3. The van der Waals surface area contributed by atoms with Crippen LogP contribution in [0.25, 0.3) is 0 Å². The molecule has 1 aromatic rings. The van der Waals surface area contributed by atoms with Crippen molar-refractivity contribution in [2.24, 2.45) is 0 Å². The number of phenolic OH excluding ortho intramolecular Hbond substituents is 1. The molecule has 1 aromatic carbocycles. The van der Waals surface area contributed by atoms with Crippen LogP contribution in [0.5, 0.6) is 5.75 Å². The van der Waals surface area contributed by atoms with Gasteiger partial charge in [0.25, 0.3) is 0 Å². The van der Waals surface area contributed by atoms with Crippen molar-refractivity contribution in [3.63, 3.8) is 0 Å². The van der Waals surface area contributed by atoms with Gasteiger partial charge in [0.05, 0.1) is 0 Å². The second-order valence-electron chi connectivity index (χ2n) is 6.24. The minimum Gasteiger partial charge on any atom is -0.507 e. The van der Waals surface area contributed by atoms with Crippen molar-refractivity contribution in [3.8, 4) is 5.75 Å². The zero-order chi connectivity index (χ0) is 13.9. The van der Waals surface area contributed by atoms with E-state index < -0.39 is 0 Å². The maximum atomic E-state index is 10.5. The van der Waals surface area contributed by atoms with Crippen molar-refractivity contribution in [3.05, 3.63) is 28.3 Å². The van der Waals surface area contributed by atoms with E-state index in [0.717, 1.165) is 24.0 Å². The normalized spacial score (nSPS) is 11.9. The van der Waals surface area contributed by atoms with Crippen LogP contribution in [-0.4, -0.2) is 5.11 Å². The summed E-state index contributed by atoms with van der Waals surface area (Å²) in [6.45, 7) is 13.0. The Bertz CT molecular complexity index is 411. The predicted octanol–water partition coefficient (Wildman–Crippen LogP) is 4.90. The van der Waals surface area contributed by atoms with Crippen LogP contribution in [0.4, 0.5) is 0 Å². The van der Waals surface area contributed by atoms with E-state index in [4.69, 9.17) is 0 Å². The van der Waals surface area contributed by atoms with E-state index in [2.05, 4.69) is 47.6 Å². The van der Waals surface area contributed by atoms with Crippen LogP contribution in [0, 0.1) is 6.92 Å². The molecule has 0 atom stereocenters. The Kier molecular flexibility index (Phi) is 4.84. The molecule has 0 fully saturated rings. The molecule has 0 aliphatic rings. The molecule has 0 amide bonds. The van der Waals surface area contributed by atoms with E-state index in [0.29, 0.717) is 5.75 Å². The number of phenols is 1. The molecule has 102 valence electrons. The molecule has 0 aliphatic carbocycles. The minimum absolute atomic E-state index is 0.00265. The Balaban J connectivity index is 3.37. The second kappa shape index (κ2) is 5.77. The lowest BCUT2D eigenvalue weighted by Crippen LogP contribution is -2.14. The Morgan fingerprint density at radius 1 is 1.17 bits per heavy atom. The van der Waals surface area contributed by atoms with Gasteiger partial charge in [-0.25, -0.2) is 0 Å². The Hall–Kier alpha value is -0.980. The SMILES string of the molecule is CCCCc1cc(C(C)(C)C)c(O)c(CC)c1C. The van der Waals surface area contributed by atoms with E-state index in [1.54, 1.807) is 0 Å². The second-order valence-corrected chi connectivity index (χ2v) is 6.24. The van der Waals surface area contributed by atoms with Gasteiger partial charge in [-0.05, 0) is 53.9 Å². The van der Waals surface area contributed by atoms with Crippen LogP contribution in [0.1, 0.15) is 69.7 Å². The quantitative estimate of drug-likeness (QED) is 0.803. The van der Waals surface area contributed by atoms with Crippen molar-refractivity contribution in [1.29, 1.82) is 0 Å². The van der Waals surface area contributed by atoms with E-state index in [1.165, 1.54) is 24.0 Å². The van der Waals surface area contributed by atoms with Crippen LogP contribution in [0.3, 0.4) is 0 Å². The van der Waals surface area contributed by atoms with Gasteiger partial charge < -0.3 is 5.11 Å². The van der Waals surface area contributed by atoms with Gasteiger partial charge >= 0.3 is 0 Å². The number of aryl methyl sites for hydroxylation is 1. The fraction of sp³-hybridized carbons (Fsp3) is 0.647. The summed E-state index contributed by atoms with van der Waals surface area (Å²) in [7, 11) is 0. The molecule has 0 unspecified atom stereocenters. The first kappa shape index (κ1) is 15.1. The van der Waals surface area contributed by atoms with Crippen molar-refractivity contribution >= 4 is 0 Å². The van der Waals surface area contributed by atoms with Crippen LogP contribution >= 0.6 is 0 Å². The first-order chi connectivity index (χ1) is 8.32. The summed E-state index contributed by atoms with van der Waals surface area (Å²) in [6.07, 6.45) is 4.46. The first-order valence-corrected chi connectivity index (χ1v) is 7.17. The summed E-state index contributed by atoms with van der Waals surface area (Å²) in [5.41, 5.74) is 4.93. The molecule has 0 spiro atoms. The molecule has 1 rings (SSSR count). The van der Waals surface area contributed by atoms with Crippen LogP contribution in [0.15, 0.2) is 6.07 Å². The zero-order valence-corrected chi connectivity index (χ0v) is 12.9. The Morgan fingerprint density at radius 3 is 2.22 bits per heavy atom. The summed E-state index contributed by atoms with van der Waals surface area (Å²) >= 11 is 0. The number of aromatic hydroxyl groups is 1. The van der Waals surface area contributed by atoms with E-state index in [1.807, 2.05) is 0 Å². The van der Waals surface area contributed by atoms with Gasteiger partial charge in [-0.1, -0.05) is 47.1 Å². The summed E-state index contributed by atoms with van der Waals surface area (Å²) in [4.78, 5) is 0. The summed E-state index contributed by atoms with van der Waals surface area (Å²) in [6, 6.07) is 2.22. The van der Waals surface area contributed by atoms with Crippen molar-refractivity contribution in [2.75, 3.05) is 0 Å². The highest BCUT2D eigenvalue weighted by Crippen LogP contribution is 2.37. The third-order valence-corrected chi connectivity index (χ3v) is 3.76. The molecule has 0 radical (unpaired) electrons. The van der Waals surface area contributed by atoms with Gasteiger partial charge in [-0.15, -0.1) is 0 Å². The maximum Gasteiger partial charge on any atom is 0.122 e. The highest BCUT2D eigenvalue weighted by Gasteiger charge is 2.22. The lowest BCUT2D eigenvalue weighted by atomic mass is 9.81. The zero-order valence-electron chi connectivity index (χ0n) is 12.9. The van der Waals surface area contributed by atoms with E-state index >= 15 is 0 Å². The smallest absolute Gasteiger partial charge is 0.122 e. The lowest BCUT2D eigenvalue weighted by molar-refractivity contribution is 0.439. The fourth-order valence-electron chi connectivity index (χ4n) is 2.52. The molecular formula is C17H28O. The minimum atomic E-state index is 0.00265. The third kappa shape index (κ3) is 3.07.